The first-order valence-electron chi connectivity index (χ1n) is 8.74. The molecule has 3 amide bonds. The highest BCUT2D eigenvalue weighted by Crippen LogP contribution is 2.20. The van der Waals surface area contributed by atoms with Gasteiger partial charge in [0.1, 0.15) is 18.7 Å². The number of rotatable bonds is 8. The number of nitrogens with zero attached hydrogens (tertiary/aromatic N) is 1. The van der Waals surface area contributed by atoms with E-state index in [1.165, 1.54) is 5.56 Å². The standard InChI is InChI=1S/C19H26N2O4/c1-4-13-5-7-14(8-6-13)9-10-15-18(24)21(19(25)20-15)17(12(2)3)16(23)11-22/h5-8,12,15,17,22H,4,9-11H2,1-3H3,(H,20,25)/t15-,17+/m0/s1. The van der Waals surface area contributed by atoms with Gasteiger partial charge in [-0.15, -0.1) is 0 Å². The van der Waals surface area contributed by atoms with Crippen LogP contribution in [0.1, 0.15) is 38.3 Å². The van der Waals surface area contributed by atoms with Gasteiger partial charge < -0.3 is 10.4 Å². The summed E-state index contributed by atoms with van der Waals surface area (Å²) in [5.41, 5.74) is 2.35. The molecule has 0 radical (unpaired) electrons. The molecule has 1 aromatic rings. The molecular weight excluding hydrogens is 320 g/mol. The molecule has 1 aliphatic rings. The molecule has 1 heterocycles. The molecule has 2 N–H and O–H groups in total. The zero-order valence-corrected chi connectivity index (χ0v) is 15.0. The minimum Gasteiger partial charge on any atom is -0.388 e. The van der Waals surface area contributed by atoms with Crippen LogP contribution in [0.5, 0.6) is 0 Å². The van der Waals surface area contributed by atoms with Crippen LogP contribution in [0.2, 0.25) is 0 Å². The summed E-state index contributed by atoms with van der Waals surface area (Å²) >= 11 is 0. The molecule has 1 fully saturated rings. The minimum atomic E-state index is -0.925. The van der Waals surface area contributed by atoms with Gasteiger partial charge in [-0.05, 0) is 36.3 Å². The predicted octanol–water partition coefficient (Wildman–Crippen LogP) is 1.69. The third kappa shape index (κ3) is 4.25. The van der Waals surface area contributed by atoms with Gasteiger partial charge in [0.15, 0.2) is 5.78 Å². The Balaban J connectivity index is 2.05. The Hall–Kier alpha value is -2.21. The number of carbonyl (C=O) groups is 3. The van der Waals surface area contributed by atoms with Gasteiger partial charge >= 0.3 is 6.03 Å². The summed E-state index contributed by atoms with van der Waals surface area (Å²) in [7, 11) is 0. The van der Waals surface area contributed by atoms with Crippen molar-refractivity contribution in [3.63, 3.8) is 0 Å². The van der Waals surface area contributed by atoms with Gasteiger partial charge in [0, 0.05) is 0 Å². The van der Waals surface area contributed by atoms with E-state index in [0.717, 1.165) is 16.9 Å². The molecule has 0 aliphatic carbocycles. The van der Waals surface area contributed by atoms with Crippen LogP contribution in [-0.4, -0.2) is 46.4 Å². The second kappa shape index (κ2) is 8.25. The van der Waals surface area contributed by atoms with E-state index in [2.05, 4.69) is 24.4 Å². The molecule has 0 unspecified atom stereocenters. The van der Waals surface area contributed by atoms with Crippen LogP contribution in [-0.2, 0) is 22.4 Å². The fourth-order valence-electron chi connectivity index (χ4n) is 3.17. The molecule has 25 heavy (non-hydrogen) atoms. The number of ketones is 1. The first-order chi connectivity index (χ1) is 11.9. The van der Waals surface area contributed by atoms with E-state index in [1.807, 2.05) is 12.1 Å². The summed E-state index contributed by atoms with van der Waals surface area (Å²) in [6, 6.07) is 6.07. The number of urea groups is 1. The monoisotopic (exact) mass is 346 g/mol. The maximum Gasteiger partial charge on any atom is 0.325 e. The molecule has 2 atom stereocenters. The van der Waals surface area contributed by atoms with Crippen LogP contribution < -0.4 is 5.32 Å². The average Bonchev–Trinajstić information content (AvgIpc) is 2.88. The number of nitrogens with one attached hydrogen (secondary N) is 1. The van der Waals surface area contributed by atoms with E-state index in [0.29, 0.717) is 12.8 Å². The lowest BCUT2D eigenvalue weighted by molar-refractivity contribution is -0.137. The van der Waals surface area contributed by atoms with E-state index in [-0.39, 0.29) is 5.92 Å². The average molecular weight is 346 g/mol. The van der Waals surface area contributed by atoms with Crippen molar-refractivity contribution < 1.29 is 19.5 Å². The van der Waals surface area contributed by atoms with E-state index in [9.17, 15) is 14.4 Å². The summed E-state index contributed by atoms with van der Waals surface area (Å²) in [5, 5.41) is 11.8. The maximum atomic E-state index is 12.6. The molecule has 1 saturated heterocycles. The van der Waals surface area contributed by atoms with Gasteiger partial charge in [-0.2, -0.15) is 0 Å². The minimum absolute atomic E-state index is 0.255. The van der Waals surface area contributed by atoms with Crippen molar-refractivity contribution in [2.75, 3.05) is 6.61 Å². The fraction of sp³-hybridized carbons (Fsp3) is 0.526. The summed E-state index contributed by atoms with van der Waals surface area (Å²) < 4.78 is 0. The second-order valence-electron chi connectivity index (χ2n) is 6.73. The predicted molar refractivity (Wildman–Crippen MR) is 94.0 cm³/mol. The lowest BCUT2D eigenvalue weighted by Gasteiger charge is -2.26. The molecular formula is C19H26N2O4. The van der Waals surface area contributed by atoms with Crippen molar-refractivity contribution >= 4 is 17.7 Å². The van der Waals surface area contributed by atoms with Gasteiger partial charge in [-0.1, -0.05) is 45.0 Å². The Morgan fingerprint density at radius 3 is 2.32 bits per heavy atom. The van der Waals surface area contributed by atoms with Crippen LogP contribution in [0.4, 0.5) is 4.79 Å². The normalized spacial score (nSPS) is 18.6. The lowest BCUT2D eigenvalue weighted by atomic mass is 9.97. The first kappa shape index (κ1) is 19.1. The Morgan fingerprint density at radius 2 is 1.80 bits per heavy atom. The first-order valence-corrected chi connectivity index (χ1v) is 8.74. The van der Waals surface area contributed by atoms with E-state index >= 15 is 0 Å². The Labute approximate surface area is 148 Å². The lowest BCUT2D eigenvalue weighted by Crippen LogP contribution is -2.49. The summed E-state index contributed by atoms with van der Waals surface area (Å²) in [4.78, 5) is 37.8. The number of aryl methyl sites for hydroxylation is 2. The number of aliphatic hydroxyl groups is 1. The number of imide groups is 1. The zero-order chi connectivity index (χ0) is 18.6. The number of aliphatic hydroxyl groups excluding tert-OH is 1. The van der Waals surface area contributed by atoms with Crippen LogP contribution in [0, 0.1) is 5.92 Å². The van der Waals surface area contributed by atoms with Crippen LogP contribution in [0.25, 0.3) is 0 Å². The van der Waals surface area contributed by atoms with Crippen molar-refractivity contribution in [2.45, 2.75) is 52.1 Å². The second-order valence-corrected chi connectivity index (χ2v) is 6.73. The highest BCUT2D eigenvalue weighted by Gasteiger charge is 2.44. The Bertz CT molecular complexity index is 639. The van der Waals surface area contributed by atoms with E-state index in [4.69, 9.17) is 5.11 Å². The smallest absolute Gasteiger partial charge is 0.325 e. The van der Waals surface area contributed by atoms with Crippen LogP contribution in [0.3, 0.4) is 0 Å². The maximum absolute atomic E-state index is 12.6. The van der Waals surface area contributed by atoms with Crippen molar-refractivity contribution in [2.24, 2.45) is 5.92 Å². The van der Waals surface area contributed by atoms with Gasteiger partial charge in [-0.25, -0.2) is 4.79 Å². The molecule has 6 nitrogen and oxygen atoms in total. The molecule has 0 bridgehead atoms. The van der Waals surface area contributed by atoms with Crippen molar-refractivity contribution in [3.05, 3.63) is 35.4 Å². The van der Waals surface area contributed by atoms with Gasteiger partial charge in [0.05, 0.1) is 0 Å². The highest BCUT2D eigenvalue weighted by atomic mass is 16.3. The number of Topliss-reactive ketones (excluding diaryl/α,β-unsaturated/α-hetero) is 1. The van der Waals surface area contributed by atoms with Crippen LogP contribution >= 0.6 is 0 Å². The quantitative estimate of drug-likeness (QED) is 0.701. The Morgan fingerprint density at radius 1 is 1.20 bits per heavy atom. The molecule has 0 saturated carbocycles. The molecule has 2 rings (SSSR count). The molecule has 0 aromatic heterocycles. The summed E-state index contributed by atoms with van der Waals surface area (Å²) in [6.45, 7) is 4.91. The molecule has 1 aliphatic heterocycles. The van der Waals surface area contributed by atoms with Gasteiger partial charge in [0.2, 0.25) is 0 Å². The summed E-state index contributed by atoms with van der Waals surface area (Å²) in [5.74, 6) is -1.17. The number of amides is 3. The van der Waals surface area contributed by atoms with Crippen molar-refractivity contribution in [3.8, 4) is 0 Å². The molecule has 1 aromatic carbocycles. The SMILES string of the molecule is CCc1ccc(CC[C@@H]2NC(=O)N([C@@H](C(=O)CO)C(C)C)C2=O)cc1. The number of carbonyl (C=O) groups excluding carboxylic acids is 3. The van der Waals surface area contributed by atoms with Crippen molar-refractivity contribution in [1.29, 1.82) is 0 Å². The van der Waals surface area contributed by atoms with Crippen molar-refractivity contribution in [1.82, 2.24) is 10.2 Å². The van der Waals surface area contributed by atoms with E-state index < -0.39 is 36.4 Å². The highest BCUT2D eigenvalue weighted by molar-refractivity contribution is 6.07. The van der Waals surface area contributed by atoms with Crippen LogP contribution in [0.15, 0.2) is 24.3 Å². The van der Waals surface area contributed by atoms with E-state index in [1.54, 1.807) is 13.8 Å². The van der Waals surface area contributed by atoms with Gasteiger partial charge in [-0.3, -0.25) is 14.5 Å². The number of benzene rings is 1. The largest absolute Gasteiger partial charge is 0.388 e. The third-order valence-electron chi connectivity index (χ3n) is 4.60. The molecule has 6 heteroatoms. The number of hydrogen-bond acceptors (Lipinski definition) is 4. The fourth-order valence-corrected chi connectivity index (χ4v) is 3.17. The molecule has 136 valence electrons. The zero-order valence-electron chi connectivity index (χ0n) is 15.0. The molecule has 0 spiro atoms. The topological polar surface area (TPSA) is 86.7 Å². The Kier molecular flexibility index (Phi) is 6.31. The number of hydrogen-bond donors (Lipinski definition) is 2. The third-order valence-corrected chi connectivity index (χ3v) is 4.60. The van der Waals surface area contributed by atoms with Gasteiger partial charge in [0.25, 0.3) is 5.91 Å². The summed E-state index contributed by atoms with van der Waals surface area (Å²) in [6.07, 6.45) is 2.11.